The number of hydrogen-bond donors (Lipinski definition) is 1. The maximum Gasteiger partial charge on any atom is 0.135 e. The first-order valence-electron chi connectivity index (χ1n) is 8.29. The van der Waals surface area contributed by atoms with E-state index in [-0.39, 0.29) is 6.10 Å². The van der Waals surface area contributed by atoms with E-state index < -0.39 is 0 Å². The molecule has 1 atom stereocenters. The molecule has 0 spiro atoms. The summed E-state index contributed by atoms with van der Waals surface area (Å²) < 4.78 is 9.98. The van der Waals surface area contributed by atoms with Gasteiger partial charge < -0.3 is 14.6 Å². The molecule has 2 aromatic heterocycles. The van der Waals surface area contributed by atoms with Gasteiger partial charge in [0.15, 0.2) is 0 Å². The van der Waals surface area contributed by atoms with E-state index >= 15 is 0 Å². The standard InChI is InChI=1S/C18H20ClN5O/c1-23-10-13(7-22-23)6-20-8-16-11-24-17(9-21-18(24)12-25-16)14-2-4-15(19)5-3-14/h2-5,7,9-10,16,20H,6,8,11-12H2,1H3. The van der Waals surface area contributed by atoms with Gasteiger partial charge in [-0.3, -0.25) is 4.68 Å². The van der Waals surface area contributed by atoms with Crippen LogP contribution in [0.25, 0.3) is 11.3 Å². The summed E-state index contributed by atoms with van der Waals surface area (Å²) in [6.45, 7) is 2.89. The lowest BCUT2D eigenvalue weighted by atomic mass is 10.1. The van der Waals surface area contributed by atoms with Gasteiger partial charge in [-0.15, -0.1) is 0 Å². The molecule has 0 bridgehead atoms. The third-order valence-electron chi connectivity index (χ3n) is 4.37. The predicted octanol–water partition coefficient (Wildman–Crippen LogP) is 2.63. The third-order valence-corrected chi connectivity index (χ3v) is 4.62. The summed E-state index contributed by atoms with van der Waals surface area (Å²) in [5.74, 6) is 0.966. The highest BCUT2D eigenvalue weighted by atomic mass is 35.5. The first-order chi connectivity index (χ1) is 12.2. The van der Waals surface area contributed by atoms with E-state index in [4.69, 9.17) is 16.3 Å². The summed E-state index contributed by atoms with van der Waals surface area (Å²) in [5, 5.41) is 8.36. The molecule has 1 aliphatic rings. The van der Waals surface area contributed by atoms with Crippen molar-refractivity contribution in [2.75, 3.05) is 6.54 Å². The molecule has 4 rings (SSSR count). The number of ether oxygens (including phenoxy) is 1. The van der Waals surface area contributed by atoms with Crippen LogP contribution in [0.3, 0.4) is 0 Å². The highest BCUT2D eigenvalue weighted by Crippen LogP contribution is 2.26. The number of rotatable bonds is 5. The second-order valence-electron chi connectivity index (χ2n) is 6.26. The number of hydrogen-bond acceptors (Lipinski definition) is 4. The van der Waals surface area contributed by atoms with Crippen molar-refractivity contribution in [2.24, 2.45) is 7.05 Å². The first kappa shape index (κ1) is 16.3. The quantitative estimate of drug-likeness (QED) is 0.762. The highest BCUT2D eigenvalue weighted by Gasteiger charge is 2.22. The Morgan fingerprint density at radius 3 is 2.88 bits per heavy atom. The summed E-state index contributed by atoms with van der Waals surface area (Å²) in [5.41, 5.74) is 3.39. The Morgan fingerprint density at radius 1 is 1.28 bits per heavy atom. The Labute approximate surface area is 151 Å². The monoisotopic (exact) mass is 357 g/mol. The fourth-order valence-corrected chi connectivity index (χ4v) is 3.22. The molecule has 1 aliphatic heterocycles. The molecule has 25 heavy (non-hydrogen) atoms. The Hall–Kier alpha value is -2.15. The van der Waals surface area contributed by atoms with E-state index in [2.05, 4.69) is 20.0 Å². The van der Waals surface area contributed by atoms with Crippen molar-refractivity contribution < 1.29 is 4.74 Å². The van der Waals surface area contributed by atoms with Gasteiger partial charge in [-0.25, -0.2) is 4.98 Å². The van der Waals surface area contributed by atoms with Gasteiger partial charge >= 0.3 is 0 Å². The summed E-state index contributed by atoms with van der Waals surface area (Å²) in [6.07, 6.45) is 5.92. The summed E-state index contributed by atoms with van der Waals surface area (Å²) >= 11 is 5.99. The van der Waals surface area contributed by atoms with Crippen molar-refractivity contribution in [3.05, 3.63) is 59.3 Å². The van der Waals surface area contributed by atoms with Gasteiger partial charge in [0.25, 0.3) is 0 Å². The van der Waals surface area contributed by atoms with Crippen LogP contribution in [0, 0.1) is 0 Å². The molecule has 0 aliphatic carbocycles. The number of fused-ring (bicyclic) bond motifs is 1. The zero-order valence-corrected chi connectivity index (χ0v) is 14.8. The van der Waals surface area contributed by atoms with Gasteiger partial charge in [0, 0.05) is 36.9 Å². The molecule has 3 aromatic rings. The normalized spacial score (nSPS) is 16.8. The molecule has 3 heterocycles. The number of nitrogens with one attached hydrogen (secondary N) is 1. The van der Waals surface area contributed by atoms with Gasteiger partial charge in [0.2, 0.25) is 0 Å². The molecule has 0 radical (unpaired) electrons. The smallest absolute Gasteiger partial charge is 0.135 e. The van der Waals surface area contributed by atoms with Crippen molar-refractivity contribution in [3.8, 4) is 11.3 Å². The summed E-state index contributed by atoms with van der Waals surface area (Å²) in [4.78, 5) is 4.49. The Balaban J connectivity index is 1.42. The van der Waals surface area contributed by atoms with Crippen molar-refractivity contribution in [3.63, 3.8) is 0 Å². The molecule has 1 unspecified atom stereocenters. The van der Waals surface area contributed by atoms with E-state index in [1.165, 1.54) is 5.56 Å². The third kappa shape index (κ3) is 3.61. The van der Waals surface area contributed by atoms with Crippen LogP contribution in [0.4, 0.5) is 0 Å². The molecular weight excluding hydrogens is 338 g/mol. The van der Waals surface area contributed by atoms with E-state index in [0.717, 1.165) is 41.7 Å². The lowest BCUT2D eigenvalue weighted by Gasteiger charge is -2.26. The van der Waals surface area contributed by atoms with E-state index in [0.29, 0.717) is 6.61 Å². The second-order valence-corrected chi connectivity index (χ2v) is 6.70. The molecule has 7 heteroatoms. The van der Waals surface area contributed by atoms with Crippen LogP contribution >= 0.6 is 11.6 Å². The van der Waals surface area contributed by atoms with Gasteiger partial charge in [0.05, 0.1) is 30.7 Å². The first-order valence-corrected chi connectivity index (χ1v) is 8.67. The molecule has 0 saturated carbocycles. The average molecular weight is 358 g/mol. The number of halogens is 1. The minimum atomic E-state index is 0.115. The van der Waals surface area contributed by atoms with Gasteiger partial charge in [0.1, 0.15) is 12.4 Å². The maximum absolute atomic E-state index is 5.99. The van der Waals surface area contributed by atoms with Crippen LogP contribution in [-0.2, 0) is 31.5 Å². The van der Waals surface area contributed by atoms with Crippen molar-refractivity contribution in [1.29, 1.82) is 0 Å². The minimum absolute atomic E-state index is 0.115. The van der Waals surface area contributed by atoms with Crippen molar-refractivity contribution >= 4 is 11.6 Å². The predicted molar refractivity (Wildman–Crippen MR) is 96.2 cm³/mol. The van der Waals surface area contributed by atoms with Crippen LogP contribution in [0.1, 0.15) is 11.4 Å². The number of aromatic nitrogens is 4. The lowest BCUT2D eigenvalue weighted by molar-refractivity contribution is 0.00326. The fourth-order valence-electron chi connectivity index (χ4n) is 3.10. The van der Waals surface area contributed by atoms with Crippen LogP contribution in [-0.4, -0.2) is 32.0 Å². The number of nitrogens with zero attached hydrogens (tertiary/aromatic N) is 4. The van der Waals surface area contributed by atoms with Crippen LogP contribution in [0.15, 0.2) is 42.9 Å². The van der Waals surface area contributed by atoms with E-state index in [1.807, 2.05) is 54.6 Å². The van der Waals surface area contributed by atoms with Crippen molar-refractivity contribution in [2.45, 2.75) is 25.8 Å². The maximum atomic E-state index is 5.99. The molecule has 0 saturated heterocycles. The zero-order chi connectivity index (χ0) is 17.2. The van der Waals surface area contributed by atoms with Gasteiger partial charge in [-0.05, 0) is 17.7 Å². The van der Waals surface area contributed by atoms with Gasteiger partial charge in [-0.2, -0.15) is 5.10 Å². The summed E-state index contributed by atoms with van der Waals surface area (Å²) in [7, 11) is 1.92. The topological polar surface area (TPSA) is 56.9 Å². The Morgan fingerprint density at radius 2 is 2.12 bits per heavy atom. The van der Waals surface area contributed by atoms with Crippen molar-refractivity contribution in [1.82, 2.24) is 24.6 Å². The van der Waals surface area contributed by atoms with E-state index in [9.17, 15) is 0 Å². The van der Waals surface area contributed by atoms with Crippen LogP contribution < -0.4 is 5.32 Å². The fraction of sp³-hybridized carbons (Fsp3) is 0.333. The molecule has 1 N–H and O–H groups in total. The largest absolute Gasteiger partial charge is 0.367 e. The molecule has 130 valence electrons. The Kier molecular flexibility index (Phi) is 4.57. The van der Waals surface area contributed by atoms with Crippen LogP contribution in [0.5, 0.6) is 0 Å². The molecule has 0 amide bonds. The molecular formula is C18H20ClN5O. The summed E-state index contributed by atoms with van der Waals surface area (Å²) in [6, 6.07) is 7.86. The van der Waals surface area contributed by atoms with Crippen LogP contribution in [0.2, 0.25) is 5.02 Å². The van der Waals surface area contributed by atoms with E-state index in [1.54, 1.807) is 0 Å². The zero-order valence-electron chi connectivity index (χ0n) is 14.0. The SMILES string of the molecule is Cn1cc(CNCC2Cn3c(-c4ccc(Cl)cc4)cnc3CO2)cn1. The number of imidazole rings is 1. The molecule has 1 aromatic carbocycles. The Bertz CT molecular complexity index is 855. The lowest BCUT2D eigenvalue weighted by Crippen LogP contribution is -2.36. The molecule has 6 nitrogen and oxygen atoms in total. The number of benzene rings is 1. The number of aryl methyl sites for hydroxylation is 1. The average Bonchev–Trinajstić information content (AvgIpc) is 3.22. The molecule has 0 fully saturated rings. The highest BCUT2D eigenvalue weighted by molar-refractivity contribution is 6.30. The second kappa shape index (κ2) is 7.00. The minimum Gasteiger partial charge on any atom is -0.367 e. The van der Waals surface area contributed by atoms with Gasteiger partial charge in [-0.1, -0.05) is 23.7 Å².